The van der Waals surface area contributed by atoms with E-state index >= 15 is 0 Å². The molecule has 1 N–H and O–H groups in total. The minimum Gasteiger partial charge on any atom is -0.496 e. The van der Waals surface area contributed by atoms with Gasteiger partial charge in [-0.15, -0.1) is 0 Å². The molecule has 1 atom stereocenters. The zero-order valence-electron chi connectivity index (χ0n) is 15.0. The molecule has 0 bridgehead atoms. The molecular weight excluding hydrogens is 352 g/mol. The number of hydrogen-bond acceptors (Lipinski definition) is 3. The van der Waals surface area contributed by atoms with E-state index in [0.717, 1.165) is 22.4 Å². The Labute approximate surface area is 157 Å². The number of methoxy groups -OCH3 is 1. The molecule has 5 nitrogen and oxygen atoms in total. The maximum absolute atomic E-state index is 13.2. The largest absolute Gasteiger partial charge is 0.496 e. The van der Waals surface area contributed by atoms with E-state index in [0.29, 0.717) is 11.4 Å². The van der Waals surface area contributed by atoms with Crippen molar-refractivity contribution in [1.82, 2.24) is 10.2 Å². The number of nitrogens with one attached hydrogen (secondary N) is 1. The van der Waals surface area contributed by atoms with Crippen molar-refractivity contribution in [1.29, 1.82) is 0 Å². The highest BCUT2D eigenvalue weighted by atomic mass is 35.5. The fourth-order valence-electron chi connectivity index (χ4n) is 3.37. The summed E-state index contributed by atoms with van der Waals surface area (Å²) in [6, 6.07) is 12.3. The smallest absolute Gasteiger partial charge is 0.325 e. The highest BCUT2D eigenvalue weighted by Crippen LogP contribution is 2.35. The number of halogens is 1. The molecule has 136 valence electrons. The van der Waals surface area contributed by atoms with Crippen LogP contribution in [0, 0.1) is 6.92 Å². The Morgan fingerprint density at radius 1 is 1.19 bits per heavy atom. The summed E-state index contributed by atoms with van der Waals surface area (Å²) in [5.74, 6) is 0.488. The third-order valence-corrected chi connectivity index (χ3v) is 5.06. The second-order valence-electron chi connectivity index (χ2n) is 6.39. The lowest BCUT2D eigenvalue weighted by Crippen LogP contribution is -2.43. The number of aryl methyl sites for hydroxylation is 1. The molecule has 3 rings (SSSR count). The molecule has 0 saturated carbocycles. The van der Waals surface area contributed by atoms with Gasteiger partial charge in [0, 0.05) is 5.02 Å². The van der Waals surface area contributed by atoms with Gasteiger partial charge in [-0.2, -0.15) is 0 Å². The normalized spacial score (nSPS) is 19.6. The molecule has 6 heteroatoms. The van der Waals surface area contributed by atoms with E-state index < -0.39 is 11.6 Å². The van der Waals surface area contributed by atoms with Crippen molar-refractivity contribution in [3.8, 4) is 5.75 Å². The molecule has 3 amide bonds. The summed E-state index contributed by atoms with van der Waals surface area (Å²) in [5, 5.41) is 3.47. The van der Waals surface area contributed by atoms with Gasteiger partial charge in [-0.25, -0.2) is 4.79 Å². The molecule has 1 aliphatic heterocycles. The number of urea groups is 1. The number of benzene rings is 2. The van der Waals surface area contributed by atoms with Crippen LogP contribution in [0.1, 0.15) is 30.0 Å². The minimum absolute atomic E-state index is 0.183. The first-order chi connectivity index (χ1) is 12.4. The van der Waals surface area contributed by atoms with E-state index in [1.165, 1.54) is 4.90 Å². The number of amides is 3. The third kappa shape index (κ3) is 3.03. The molecule has 2 aromatic rings. The third-order valence-electron chi connectivity index (χ3n) is 4.82. The van der Waals surface area contributed by atoms with Gasteiger partial charge in [-0.05, 0) is 54.3 Å². The summed E-state index contributed by atoms with van der Waals surface area (Å²) in [6.07, 6.45) is 0.454. The van der Waals surface area contributed by atoms with Gasteiger partial charge in [0.2, 0.25) is 0 Å². The summed E-state index contributed by atoms with van der Waals surface area (Å²) < 4.78 is 5.29. The van der Waals surface area contributed by atoms with E-state index in [1.54, 1.807) is 25.3 Å². The first-order valence-corrected chi connectivity index (χ1v) is 8.82. The minimum atomic E-state index is -1.06. The topological polar surface area (TPSA) is 58.6 Å². The molecular formula is C20H21ClN2O3. The number of imide groups is 1. The fraction of sp³-hybridized carbons (Fsp3) is 0.300. The Morgan fingerprint density at radius 3 is 2.58 bits per heavy atom. The predicted molar refractivity (Wildman–Crippen MR) is 100 cm³/mol. The van der Waals surface area contributed by atoms with Crippen LogP contribution < -0.4 is 10.1 Å². The lowest BCUT2D eigenvalue weighted by molar-refractivity contribution is -0.132. The predicted octanol–water partition coefficient (Wildman–Crippen LogP) is 4.01. The maximum atomic E-state index is 13.2. The Bertz CT molecular complexity index is 868. The van der Waals surface area contributed by atoms with Gasteiger partial charge in [-0.3, -0.25) is 9.69 Å². The van der Waals surface area contributed by atoms with E-state index in [1.807, 2.05) is 38.1 Å². The van der Waals surface area contributed by atoms with Crippen LogP contribution in [-0.2, 0) is 16.9 Å². The average molecular weight is 373 g/mol. The quantitative estimate of drug-likeness (QED) is 0.806. The van der Waals surface area contributed by atoms with Crippen molar-refractivity contribution in [3.05, 3.63) is 64.2 Å². The van der Waals surface area contributed by atoms with Crippen LogP contribution >= 0.6 is 11.6 Å². The lowest BCUT2D eigenvalue weighted by Gasteiger charge is -2.26. The standard InChI is InChI=1S/C20H21ClN2O3/c1-4-20(15-8-9-17(26-3)13(2)10-15)18(24)23(19(25)22-20)12-14-6-5-7-16(21)11-14/h5-11H,4,12H2,1-3H3,(H,22,25). The van der Waals surface area contributed by atoms with Gasteiger partial charge in [0.05, 0.1) is 13.7 Å². The van der Waals surface area contributed by atoms with E-state index in [9.17, 15) is 9.59 Å². The zero-order valence-corrected chi connectivity index (χ0v) is 15.8. The van der Waals surface area contributed by atoms with Gasteiger partial charge in [-0.1, -0.05) is 36.7 Å². The van der Waals surface area contributed by atoms with E-state index in [2.05, 4.69) is 5.32 Å². The van der Waals surface area contributed by atoms with Crippen LogP contribution in [0.3, 0.4) is 0 Å². The Morgan fingerprint density at radius 2 is 1.96 bits per heavy atom. The van der Waals surface area contributed by atoms with Crippen LogP contribution in [0.4, 0.5) is 4.79 Å². The van der Waals surface area contributed by atoms with Crippen molar-refractivity contribution in [2.75, 3.05) is 7.11 Å². The van der Waals surface area contributed by atoms with Crippen molar-refractivity contribution < 1.29 is 14.3 Å². The first-order valence-electron chi connectivity index (χ1n) is 8.45. The van der Waals surface area contributed by atoms with Crippen molar-refractivity contribution in [3.63, 3.8) is 0 Å². The molecule has 1 saturated heterocycles. The molecule has 0 aliphatic carbocycles. The molecule has 0 spiro atoms. The fourth-order valence-corrected chi connectivity index (χ4v) is 3.58. The number of carbonyl (C=O) groups excluding carboxylic acids is 2. The van der Waals surface area contributed by atoms with Crippen LogP contribution in [0.15, 0.2) is 42.5 Å². The molecule has 1 unspecified atom stereocenters. The Balaban J connectivity index is 1.95. The molecule has 0 aromatic heterocycles. The summed E-state index contributed by atoms with van der Waals surface area (Å²) in [4.78, 5) is 27.0. The zero-order chi connectivity index (χ0) is 18.9. The second-order valence-corrected chi connectivity index (χ2v) is 6.83. The SMILES string of the molecule is CCC1(c2ccc(OC)c(C)c2)NC(=O)N(Cc2cccc(Cl)c2)C1=O. The molecule has 1 fully saturated rings. The number of hydrogen-bond donors (Lipinski definition) is 1. The molecule has 1 heterocycles. The van der Waals surface area contributed by atoms with Crippen molar-refractivity contribution in [2.24, 2.45) is 0 Å². The van der Waals surface area contributed by atoms with Gasteiger partial charge in [0.15, 0.2) is 0 Å². The number of nitrogens with zero attached hydrogens (tertiary/aromatic N) is 1. The molecule has 26 heavy (non-hydrogen) atoms. The van der Waals surface area contributed by atoms with E-state index in [-0.39, 0.29) is 12.5 Å². The van der Waals surface area contributed by atoms with Gasteiger partial charge < -0.3 is 10.1 Å². The van der Waals surface area contributed by atoms with Crippen molar-refractivity contribution in [2.45, 2.75) is 32.4 Å². The second kappa shape index (κ2) is 7.00. The van der Waals surface area contributed by atoms with Crippen LogP contribution in [0.2, 0.25) is 5.02 Å². The van der Waals surface area contributed by atoms with Crippen LogP contribution in [-0.4, -0.2) is 23.9 Å². The highest BCUT2D eigenvalue weighted by molar-refractivity contribution is 6.30. The summed E-state index contributed by atoms with van der Waals surface area (Å²) in [6.45, 7) is 3.99. The van der Waals surface area contributed by atoms with Gasteiger partial charge in [0.1, 0.15) is 11.3 Å². The monoisotopic (exact) mass is 372 g/mol. The lowest BCUT2D eigenvalue weighted by atomic mass is 9.86. The summed E-state index contributed by atoms with van der Waals surface area (Å²) in [5.41, 5.74) is 1.41. The van der Waals surface area contributed by atoms with Crippen molar-refractivity contribution >= 4 is 23.5 Å². The molecule has 1 aliphatic rings. The number of carbonyl (C=O) groups is 2. The summed E-state index contributed by atoms with van der Waals surface area (Å²) >= 11 is 6.01. The van der Waals surface area contributed by atoms with Gasteiger partial charge >= 0.3 is 6.03 Å². The average Bonchev–Trinajstić information content (AvgIpc) is 2.87. The maximum Gasteiger partial charge on any atom is 0.325 e. The van der Waals surface area contributed by atoms with E-state index in [4.69, 9.17) is 16.3 Å². The summed E-state index contributed by atoms with van der Waals surface area (Å²) in [7, 11) is 1.60. The Hall–Kier alpha value is -2.53. The highest BCUT2D eigenvalue weighted by Gasteiger charge is 2.51. The Kier molecular flexibility index (Phi) is 4.92. The first kappa shape index (κ1) is 18.3. The number of rotatable bonds is 5. The number of ether oxygens (including phenoxy) is 1. The molecule has 0 radical (unpaired) electrons. The van der Waals surface area contributed by atoms with Crippen LogP contribution in [0.25, 0.3) is 0 Å². The molecule has 2 aromatic carbocycles. The van der Waals surface area contributed by atoms with Crippen LogP contribution in [0.5, 0.6) is 5.75 Å². The van der Waals surface area contributed by atoms with Gasteiger partial charge in [0.25, 0.3) is 5.91 Å².